The summed E-state index contributed by atoms with van der Waals surface area (Å²) >= 11 is 0. The second-order valence-corrected chi connectivity index (χ2v) is 6.79. The first kappa shape index (κ1) is 17.5. The lowest BCUT2D eigenvalue weighted by Crippen LogP contribution is -2.22. The Morgan fingerprint density at radius 3 is 2.76 bits per heavy atom. The van der Waals surface area contributed by atoms with Crippen molar-refractivity contribution >= 4 is 0 Å². The maximum Gasteiger partial charge on any atom is 0.259 e. The molecule has 5 rings (SSSR count). The highest BCUT2D eigenvalue weighted by molar-refractivity contribution is 5.58. The van der Waals surface area contributed by atoms with Crippen molar-refractivity contribution in [1.29, 1.82) is 0 Å². The Labute approximate surface area is 166 Å². The van der Waals surface area contributed by atoms with Crippen LogP contribution in [0.1, 0.15) is 22.9 Å². The fraction of sp³-hybridized carbons (Fsp3) is 0.250. The van der Waals surface area contributed by atoms with E-state index in [4.69, 9.17) is 14.0 Å². The molecule has 0 spiro atoms. The molecule has 0 bridgehead atoms. The molecule has 0 radical (unpaired) electrons. The number of methoxy groups -OCH3 is 1. The minimum absolute atomic E-state index is 0.0659. The van der Waals surface area contributed by atoms with Crippen molar-refractivity contribution in [3.8, 4) is 28.9 Å². The molecule has 9 nitrogen and oxygen atoms in total. The molecule has 0 N–H and O–H groups in total. The highest BCUT2D eigenvalue weighted by atomic mass is 16.5. The zero-order valence-electron chi connectivity index (χ0n) is 15.9. The van der Waals surface area contributed by atoms with Gasteiger partial charge in [0.15, 0.2) is 5.69 Å². The standard InChI is InChI=1S/C20H18N6O3/c1-12-3-5-13(6-4-12)16-10-26-15(11-28-16)18(23-25-26)19-22-20(29-24-19)14-7-8-17(27-2)21-9-14/h3-9,16H,10-11H2,1-2H3/t16-/m1/s1. The highest BCUT2D eigenvalue weighted by Crippen LogP contribution is 2.30. The van der Waals surface area contributed by atoms with Crippen LogP contribution in [0, 0.1) is 6.92 Å². The summed E-state index contributed by atoms with van der Waals surface area (Å²) in [4.78, 5) is 8.60. The Bertz CT molecular complexity index is 1130. The molecule has 1 atom stereocenters. The number of rotatable bonds is 4. The zero-order valence-corrected chi connectivity index (χ0v) is 15.9. The molecule has 0 aliphatic carbocycles. The van der Waals surface area contributed by atoms with Gasteiger partial charge in [-0.25, -0.2) is 9.67 Å². The summed E-state index contributed by atoms with van der Waals surface area (Å²) in [5, 5.41) is 12.6. The van der Waals surface area contributed by atoms with Crippen LogP contribution >= 0.6 is 0 Å². The molecular formula is C20H18N6O3. The van der Waals surface area contributed by atoms with Crippen LogP contribution in [0.4, 0.5) is 0 Å². The van der Waals surface area contributed by atoms with Gasteiger partial charge in [-0.3, -0.25) is 0 Å². The number of aromatic nitrogens is 6. The molecule has 4 heterocycles. The van der Waals surface area contributed by atoms with Crippen LogP contribution in [-0.4, -0.2) is 37.2 Å². The number of nitrogens with zero attached hydrogens (tertiary/aromatic N) is 6. The van der Waals surface area contributed by atoms with Crippen molar-refractivity contribution in [2.24, 2.45) is 0 Å². The topological polar surface area (TPSA) is 101 Å². The summed E-state index contributed by atoms with van der Waals surface area (Å²) in [6.45, 7) is 3.02. The van der Waals surface area contributed by atoms with E-state index in [0.29, 0.717) is 42.0 Å². The first-order valence-corrected chi connectivity index (χ1v) is 9.16. The molecule has 0 saturated carbocycles. The van der Waals surface area contributed by atoms with Crippen LogP contribution in [0.15, 0.2) is 47.1 Å². The van der Waals surface area contributed by atoms with E-state index in [1.807, 2.05) is 4.68 Å². The summed E-state index contributed by atoms with van der Waals surface area (Å²) in [7, 11) is 1.56. The maximum atomic E-state index is 6.06. The van der Waals surface area contributed by atoms with Crippen molar-refractivity contribution in [1.82, 2.24) is 30.1 Å². The van der Waals surface area contributed by atoms with Crippen LogP contribution in [-0.2, 0) is 17.9 Å². The molecule has 0 amide bonds. The average molecular weight is 390 g/mol. The summed E-state index contributed by atoms with van der Waals surface area (Å²) in [5.41, 5.74) is 4.42. The second kappa shape index (κ2) is 7.10. The Hall–Kier alpha value is -3.59. The summed E-state index contributed by atoms with van der Waals surface area (Å²) in [6.07, 6.45) is 1.55. The predicted molar refractivity (Wildman–Crippen MR) is 102 cm³/mol. The van der Waals surface area contributed by atoms with E-state index in [-0.39, 0.29) is 6.10 Å². The zero-order chi connectivity index (χ0) is 19.8. The summed E-state index contributed by atoms with van der Waals surface area (Å²) in [6, 6.07) is 11.9. The van der Waals surface area contributed by atoms with E-state index in [1.54, 1.807) is 25.4 Å². The van der Waals surface area contributed by atoms with Crippen LogP contribution < -0.4 is 4.74 Å². The fourth-order valence-corrected chi connectivity index (χ4v) is 3.23. The van der Waals surface area contributed by atoms with Crippen molar-refractivity contribution in [2.45, 2.75) is 26.2 Å². The first-order valence-electron chi connectivity index (χ1n) is 9.16. The van der Waals surface area contributed by atoms with Crippen LogP contribution in [0.3, 0.4) is 0 Å². The minimum atomic E-state index is -0.0659. The normalized spacial score (nSPS) is 15.9. The lowest BCUT2D eigenvalue weighted by atomic mass is 10.1. The molecule has 0 unspecified atom stereocenters. The Kier molecular flexibility index (Phi) is 4.28. The molecule has 4 aromatic rings. The first-order chi connectivity index (χ1) is 14.2. The van der Waals surface area contributed by atoms with Gasteiger partial charge in [0.2, 0.25) is 11.7 Å². The molecule has 1 aromatic carbocycles. The van der Waals surface area contributed by atoms with Crippen molar-refractivity contribution in [2.75, 3.05) is 7.11 Å². The molecular weight excluding hydrogens is 372 g/mol. The molecule has 3 aromatic heterocycles. The molecule has 1 aliphatic heterocycles. The van der Waals surface area contributed by atoms with E-state index in [2.05, 4.69) is 56.6 Å². The van der Waals surface area contributed by atoms with Gasteiger partial charge in [0, 0.05) is 12.3 Å². The predicted octanol–water partition coefficient (Wildman–Crippen LogP) is 2.98. The third-order valence-electron chi connectivity index (χ3n) is 4.88. The maximum absolute atomic E-state index is 6.06. The fourth-order valence-electron chi connectivity index (χ4n) is 3.23. The largest absolute Gasteiger partial charge is 0.481 e. The number of hydrogen-bond acceptors (Lipinski definition) is 8. The summed E-state index contributed by atoms with van der Waals surface area (Å²) < 4.78 is 18.3. The smallest absolute Gasteiger partial charge is 0.259 e. The summed E-state index contributed by atoms with van der Waals surface area (Å²) in [5.74, 6) is 1.24. The van der Waals surface area contributed by atoms with Crippen molar-refractivity contribution in [3.05, 3.63) is 59.4 Å². The third kappa shape index (κ3) is 3.25. The van der Waals surface area contributed by atoms with Crippen LogP contribution in [0.25, 0.3) is 23.0 Å². The molecule has 0 saturated heterocycles. The van der Waals surface area contributed by atoms with Crippen molar-refractivity contribution in [3.63, 3.8) is 0 Å². The monoisotopic (exact) mass is 390 g/mol. The number of fused-ring (bicyclic) bond motifs is 1. The third-order valence-corrected chi connectivity index (χ3v) is 4.88. The van der Waals surface area contributed by atoms with Gasteiger partial charge in [0.05, 0.1) is 31.5 Å². The Morgan fingerprint density at radius 2 is 2.00 bits per heavy atom. The van der Waals surface area contributed by atoms with E-state index < -0.39 is 0 Å². The van der Waals surface area contributed by atoms with Gasteiger partial charge in [-0.15, -0.1) is 5.10 Å². The van der Waals surface area contributed by atoms with E-state index >= 15 is 0 Å². The molecule has 146 valence electrons. The van der Waals surface area contributed by atoms with Crippen molar-refractivity contribution < 1.29 is 14.0 Å². The van der Waals surface area contributed by atoms with E-state index in [9.17, 15) is 0 Å². The molecule has 0 fully saturated rings. The Balaban J connectivity index is 1.39. The average Bonchev–Trinajstić information content (AvgIpc) is 3.41. The number of pyridine rings is 1. The number of aryl methyl sites for hydroxylation is 1. The van der Waals surface area contributed by atoms with Gasteiger partial charge in [-0.2, -0.15) is 4.98 Å². The van der Waals surface area contributed by atoms with Crippen LogP contribution in [0.2, 0.25) is 0 Å². The van der Waals surface area contributed by atoms with E-state index in [0.717, 1.165) is 11.3 Å². The minimum Gasteiger partial charge on any atom is -0.481 e. The number of hydrogen-bond donors (Lipinski definition) is 0. The number of benzene rings is 1. The molecule has 29 heavy (non-hydrogen) atoms. The highest BCUT2D eigenvalue weighted by Gasteiger charge is 2.27. The number of ether oxygens (including phenoxy) is 2. The van der Waals surface area contributed by atoms with Gasteiger partial charge in [0.25, 0.3) is 5.89 Å². The van der Waals surface area contributed by atoms with Gasteiger partial charge >= 0.3 is 0 Å². The second-order valence-electron chi connectivity index (χ2n) is 6.79. The lowest BCUT2D eigenvalue weighted by Gasteiger charge is -2.24. The van der Waals surface area contributed by atoms with Crippen LogP contribution in [0.5, 0.6) is 5.88 Å². The van der Waals surface area contributed by atoms with Gasteiger partial charge in [0.1, 0.15) is 6.10 Å². The van der Waals surface area contributed by atoms with E-state index in [1.165, 1.54) is 5.56 Å². The molecule has 1 aliphatic rings. The van der Waals surface area contributed by atoms with Gasteiger partial charge < -0.3 is 14.0 Å². The Morgan fingerprint density at radius 1 is 1.14 bits per heavy atom. The van der Waals surface area contributed by atoms with Gasteiger partial charge in [-0.05, 0) is 18.6 Å². The lowest BCUT2D eigenvalue weighted by molar-refractivity contribution is -0.00112. The quantitative estimate of drug-likeness (QED) is 0.524. The van der Waals surface area contributed by atoms with Gasteiger partial charge in [-0.1, -0.05) is 40.2 Å². The SMILES string of the molecule is COc1ccc(-c2nc(-c3nnn4c3CO[C@@H](c3ccc(C)cc3)C4)no2)cn1. The molecule has 9 heteroatoms.